The van der Waals surface area contributed by atoms with Crippen LogP contribution in [0.25, 0.3) is 0 Å². The Kier molecular flexibility index (Phi) is 5.44. The molecule has 1 aromatic carbocycles. The Labute approximate surface area is 128 Å². The van der Waals surface area contributed by atoms with Gasteiger partial charge < -0.3 is 0 Å². The minimum atomic E-state index is -4.08. The Balaban J connectivity index is 2.00. The van der Waals surface area contributed by atoms with Gasteiger partial charge >= 0.3 is 0 Å². The van der Waals surface area contributed by atoms with Crippen LogP contribution in [0.5, 0.6) is 0 Å². The monoisotopic (exact) mass is 310 g/mol. The molecule has 1 aromatic rings. The fourth-order valence-corrected chi connectivity index (χ4v) is 4.17. The molecule has 1 aliphatic rings. The standard InChI is InChI=1S/C17H26O3S/c1-2-11-17(12-4-3-5-13-17)14-10-15-6-8-16(9-7-15)21(18,19)20/h6-9H,2-5,10-14H2,1H3,(H,18,19,20). The molecule has 3 nitrogen and oxygen atoms in total. The van der Waals surface area contributed by atoms with Crippen molar-refractivity contribution in [2.45, 2.75) is 69.6 Å². The van der Waals surface area contributed by atoms with Gasteiger partial charge in [0.05, 0.1) is 4.90 Å². The Morgan fingerprint density at radius 3 is 2.19 bits per heavy atom. The lowest BCUT2D eigenvalue weighted by atomic mass is 9.68. The maximum Gasteiger partial charge on any atom is 0.294 e. The first-order valence-electron chi connectivity index (χ1n) is 8.02. The second-order valence-corrected chi connectivity index (χ2v) is 7.85. The summed E-state index contributed by atoms with van der Waals surface area (Å²) in [5.74, 6) is 0. The molecule has 4 heteroatoms. The van der Waals surface area contributed by atoms with Crippen LogP contribution in [0.4, 0.5) is 0 Å². The zero-order chi connectivity index (χ0) is 15.3. The Morgan fingerprint density at radius 1 is 1.05 bits per heavy atom. The fraction of sp³-hybridized carbons (Fsp3) is 0.647. The zero-order valence-electron chi connectivity index (χ0n) is 12.8. The lowest BCUT2D eigenvalue weighted by Gasteiger charge is -2.37. The number of rotatable bonds is 6. The first kappa shape index (κ1) is 16.5. The zero-order valence-corrected chi connectivity index (χ0v) is 13.7. The van der Waals surface area contributed by atoms with Crippen molar-refractivity contribution in [3.8, 4) is 0 Å². The van der Waals surface area contributed by atoms with E-state index in [0.29, 0.717) is 5.41 Å². The maximum absolute atomic E-state index is 11.0. The second-order valence-electron chi connectivity index (χ2n) is 6.43. The summed E-state index contributed by atoms with van der Waals surface area (Å²) in [6.07, 6.45) is 11.5. The van der Waals surface area contributed by atoms with Gasteiger partial charge in [-0.15, -0.1) is 0 Å². The Bertz CT molecular complexity index is 534. The molecule has 0 heterocycles. The maximum atomic E-state index is 11.0. The molecule has 1 N–H and O–H groups in total. The van der Waals surface area contributed by atoms with Crippen LogP contribution < -0.4 is 0 Å². The largest absolute Gasteiger partial charge is 0.294 e. The van der Waals surface area contributed by atoms with Gasteiger partial charge in [0.2, 0.25) is 0 Å². The lowest BCUT2D eigenvalue weighted by molar-refractivity contribution is 0.156. The van der Waals surface area contributed by atoms with Crippen molar-refractivity contribution in [2.24, 2.45) is 5.41 Å². The van der Waals surface area contributed by atoms with Gasteiger partial charge in [-0.2, -0.15) is 8.42 Å². The van der Waals surface area contributed by atoms with Gasteiger partial charge in [0.15, 0.2) is 0 Å². The van der Waals surface area contributed by atoms with Gasteiger partial charge in [0.25, 0.3) is 10.1 Å². The SMILES string of the molecule is CCCC1(CCc2ccc(S(=O)(=O)O)cc2)CCCCC1. The summed E-state index contributed by atoms with van der Waals surface area (Å²) in [4.78, 5) is -0.0211. The third-order valence-electron chi connectivity index (χ3n) is 4.86. The molecule has 0 bridgehead atoms. The molecule has 0 saturated heterocycles. The predicted octanol–water partition coefficient (Wildman–Crippen LogP) is 4.62. The molecule has 1 saturated carbocycles. The first-order chi connectivity index (χ1) is 9.95. The number of aryl methyl sites for hydroxylation is 1. The number of hydrogen-bond acceptors (Lipinski definition) is 2. The summed E-state index contributed by atoms with van der Waals surface area (Å²) in [5, 5.41) is 0. The van der Waals surface area contributed by atoms with Crippen LogP contribution in [0.15, 0.2) is 29.2 Å². The Morgan fingerprint density at radius 2 is 1.67 bits per heavy atom. The quantitative estimate of drug-likeness (QED) is 0.780. The van der Waals surface area contributed by atoms with E-state index in [2.05, 4.69) is 6.92 Å². The van der Waals surface area contributed by atoms with Crippen LogP contribution in [0, 0.1) is 5.41 Å². The van der Waals surface area contributed by atoms with Crippen LogP contribution >= 0.6 is 0 Å². The third-order valence-corrected chi connectivity index (χ3v) is 5.73. The van der Waals surface area contributed by atoms with Crippen LogP contribution in [-0.2, 0) is 16.5 Å². The van der Waals surface area contributed by atoms with Crippen molar-refractivity contribution in [1.82, 2.24) is 0 Å². The highest BCUT2D eigenvalue weighted by molar-refractivity contribution is 7.85. The van der Waals surface area contributed by atoms with Gasteiger partial charge in [-0.25, -0.2) is 0 Å². The summed E-state index contributed by atoms with van der Waals surface area (Å²) < 4.78 is 31.1. The highest BCUT2D eigenvalue weighted by Gasteiger charge is 2.30. The van der Waals surface area contributed by atoms with Crippen molar-refractivity contribution >= 4 is 10.1 Å². The summed E-state index contributed by atoms with van der Waals surface area (Å²) >= 11 is 0. The van der Waals surface area contributed by atoms with Crippen LogP contribution in [-0.4, -0.2) is 13.0 Å². The molecule has 2 rings (SSSR count). The minimum Gasteiger partial charge on any atom is -0.282 e. The molecule has 0 aliphatic heterocycles. The molecule has 0 aromatic heterocycles. The predicted molar refractivity (Wildman–Crippen MR) is 85.0 cm³/mol. The van der Waals surface area contributed by atoms with Crippen molar-refractivity contribution in [2.75, 3.05) is 0 Å². The topological polar surface area (TPSA) is 54.4 Å². The van der Waals surface area contributed by atoms with Gasteiger partial charge in [0, 0.05) is 0 Å². The molecular formula is C17H26O3S. The number of hydrogen-bond donors (Lipinski definition) is 1. The van der Waals surface area contributed by atoms with Crippen LogP contribution in [0.3, 0.4) is 0 Å². The molecule has 0 radical (unpaired) electrons. The molecule has 1 fully saturated rings. The molecule has 21 heavy (non-hydrogen) atoms. The molecule has 0 amide bonds. The van der Waals surface area contributed by atoms with E-state index < -0.39 is 10.1 Å². The van der Waals surface area contributed by atoms with E-state index in [1.165, 1.54) is 63.5 Å². The Hall–Kier alpha value is -0.870. The molecular weight excluding hydrogens is 284 g/mol. The highest BCUT2D eigenvalue weighted by atomic mass is 32.2. The van der Waals surface area contributed by atoms with E-state index in [9.17, 15) is 8.42 Å². The van der Waals surface area contributed by atoms with E-state index >= 15 is 0 Å². The molecule has 0 unspecified atom stereocenters. The summed E-state index contributed by atoms with van der Waals surface area (Å²) in [6, 6.07) is 6.65. The third kappa shape index (κ3) is 4.55. The fourth-order valence-electron chi connectivity index (χ4n) is 3.69. The molecule has 0 spiro atoms. The van der Waals surface area contributed by atoms with Crippen molar-refractivity contribution in [3.05, 3.63) is 29.8 Å². The lowest BCUT2D eigenvalue weighted by Crippen LogP contribution is -2.24. The second kappa shape index (κ2) is 6.93. The van der Waals surface area contributed by atoms with Crippen molar-refractivity contribution in [1.29, 1.82) is 0 Å². The summed E-state index contributed by atoms with van der Waals surface area (Å²) in [7, 11) is -4.08. The van der Waals surface area contributed by atoms with E-state index in [1.54, 1.807) is 0 Å². The van der Waals surface area contributed by atoms with E-state index in [1.807, 2.05) is 12.1 Å². The van der Waals surface area contributed by atoms with Gasteiger partial charge in [-0.3, -0.25) is 4.55 Å². The van der Waals surface area contributed by atoms with Gasteiger partial charge in [-0.05, 0) is 55.2 Å². The van der Waals surface area contributed by atoms with Crippen LogP contribution in [0.2, 0.25) is 0 Å². The average Bonchev–Trinajstić information content (AvgIpc) is 2.46. The minimum absolute atomic E-state index is 0.0211. The van der Waals surface area contributed by atoms with Gasteiger partial charge in [0.1, 0.15) is 0 Å². The molecule has 0 atom stereocenters. The first-order valence-corrected chi connectivity index (χ1v) is 9.46. The van der Waals surface area contributed by atoms with Crippen molar-refractivity contribution in [3.63, 3.8) is 0 Å². The van der Waals surface area contributed by atoms with E-state index in [4.69, 9.17) is 4.55 Å². The van der Waals surface area contributed by atoms with Gasteiger partial charge in [-0.1, -0.05) is 44.7 Å². The summed E-state index contributed by atoms with van der Waals surface area (Å²) in [5.41, 5.74) is 1.65. The molecule has 118 valence electrons. The number of benzene rings is 1. The smallest absolute Gasteiger partial charge is 0.282 e. The molecule has 1 aliphatic carbocycles. The summed E-state index contributed by atoms with van der Waals surface area (Å²) in [6.45, 7) is 2.26. The van der Waals surface area contributed by atoms with E-state index in [0.717, 1.165) is 12.0 Å². The highest BCUT2D eigenvalue weighted by Crippen LogP contribution is 2.43. The van der Waals surface area contributed by atoms with E-state index in [-0.39, 0.29) is 4.90 Å². The average molecular weight is 310 g/mol. The van der Waals surface area contributed by atoms with Crippen LogP contribution in [0.1, 0.15) is 63.9 Å². The van der Waals surface area contributed by atoms with Crippen molar-refractivity contribution < 1.29 is 13.0 Å². The normalized spacial score (nSPS) is 18.6.